The summed E-state index contributed by atoms with van der Waals surface area (Å²) < 4.78 is 0. The van der Waals surface area contributed by atoms with E-state index in [0.29, 0.717) is 12.5 Å². The van der Waals surface area contributed by atoms with Crippen molar-refractivity contribution in [3.8, 4) is 0 Å². The van der Waals surface area contributed by atoms with Crippen molar-refractivity contribution in [2.75, 3.05) is 6.54 Å². The Labute approximate surface area is 108 Å². The minimum absolute atomic E-state index is 0.249. The molecule has 3 nitrogen and oxygen atoms in total. The van der Waals surface area contributed by atoms with Crippen LogP contribution in [-0.4, -0.2) is 22.7 Å². The van der Waals surface area contributed by atoms with E-state index in [-0.39, 0.29) is 12.1 Å². The molecule has 2 atom stereocenters. The van der Waals surface area contributed by atoms with Gasteiger partial charge in [-0.25, -0.2) is 4.98 Å². The molecule has 0 aromatic carbocycles. The number of hydrogen-bond donors (Lipinski definition) is 2. The number of aliphatic hydroxyl groups excluding tert-OH is 1. The monoisotopic (exact) mass is 256 g/mol. The zero-order chi connectivity index (χ0) is 12.8. The molecule has 0 aliphatic carbocycles. The van der Waals surface area contributed by atoms with Crippen molar-refractivity contribution in [3.05, 3.63) is 16.1 Å². The highest BCUT2D eigenvalue weighted by Crippen LogP contribution is 2.21. The Morgan fingerprint density at radius 1 is 1.41 bits per heavy atom. The number of aryl methyl sites for hydroxylation is 1. The smallest absolute Gasteiger partial charge is 0.0798 e. The molecule has 0 amide bonds. The molecule has 0 saturated carbocycles. The molecule has 1 aromatic heterocycles. The van der Waals surface area contributed by atoms with Gasteiger partial charge in [0.25, 0.3) is 0 Å². The molecule has 1 rings (SSSR count). The zero-order valence-corrected chi connectivity index (χ0v) is 12.0. The number of nitrogens with zero attached hydrogens (tertiary/aromatic N) is 1. The maximum atomic E-state index is 10.0. The maximum absolute atomic E-state index is 10.0. The average Bonchev–Trinajstić information content (AvgIpc) is 2.74. The van der Waals surface area contributed by atoms with Crippen molar-refractivity contribution in [1.82, 2.24) is 10.3 Å². The van der Waals surface area contributed by atoms with Gasteiger partial charge in [-0.3, -0.25) is 0 Å². The van der Waals surface area contributed by atoms with E-state index in [1.165, 1.54) is 4.88 Å². The van der Waals surface area contributed by atoms with Crippen LogP contribution in [-0.2, 0) is 0 Å². The second-order valence-corrected chi connectivity index (χ2v) is 5.46. The molecule has 4 heteroatoms. The second kappa shape index (κ2) is 7.09. The van der Waals surface area contributed by atoms with Gasteiger partial charge in [0.1, 0.15) is 0 Å². The van der Waals surface area contributed by atoms with Crippen LogP contribution in [0.3, 0.4) is 0 Å². The highest BCUT2D eigenvalue weighted by molar-refractivity contribution is 7.09. The third-order valence-electron chi connectivity index (χ3n) is 3.40. The predicted octanol–water partition coefficient (Wildman–Crippen LogP) is 2.90. The third kappa shape index (κ3) is 4.05. The fourth-order valence-corrected chi connectivity index (χ4v) is 2.95. The Kier molecular flexibility index (Phi) is 6.09. The summed E-state index contributed by atoms with van der Waals surface area (Å²) in [4.78, 5) is 5.51. The van der Waals surface area contributed by atoms with Crippen LogP contribution in [0, 0.1) is 12.8 Å². The number of rotatable bonds is 7. The van der Waals surface area contributed by atoms with Gasteiger partial charge in [0.15, 0.2) is 0 Å². The lowest BCUT2D eigenvalue weighted by molar-refractivity contribution is 0.0990. The van der Waals surface area contributed by atoms with E-state index in [9.17, 15) is 5.11 Å². The van der Waals surface area contributed by atoms with Crippen LogP contribution in [0.1, 0.15) is 50.2 Å². The Morgan fingerprint density at radius 3 is 2.53 bits per heavy atom. The molecular weight excluding hydrogens is 232 g/mol. The van der Waals surface area contributed by atoms with Crippen LogP contribution in [0.2, 0.25) is 0 Å². The van der Waals surface area contributed by atoms with E-state index in [2.05, 4.69) is 31.1 Å². The standard InChI is InChI=1S/C13H24N2OS/c1-5-11(6-2)12(16)7-14-9(3)13-10(4)15-8-17-13/h8-9,11-12,14,16H,5-7H2,1-4H3. The summed E-state index contributed by atoms with van der Waals surface area (Å²) in [6.07, 6.45) is 1.82. The van der Waals surface area contributed by atoms with E-state index in [4.69, 9.17) is 0 Å². The molecule has 2 N–H and O–H groups in total. The van der Waals surface area contributed by atoms with Gasteiger partial charge in [-0.2, -0.15) is 0 Å². The molecule has 0 aliphatic heterocycles. The van der Waals surface area contributed by atoms with Crippen molar-refractivity contribution in [2.45, 2.75) is 52.7 Å². The number of thiazole rings is 1. The molecule has 0 fully saturated rings. The van der Waals surface area contributed by atoms with Crippen molar-refractivity contribution in [1.29, 1.82) is 0 Å². The van der Waals surface area contributed by atoms with Crippen molar-refractivity contribution < 1.29 is 5.11 Å². The fourth-order valence-electron chi connectivity index (χ4n) is 2.12. The average molecular weight is 256 g/mol. The fraction of sp³-hybridized carbons (Fsp3) is 0.769. The summed E-state index contributed by atoms with van der Waals surface area (Å²) in [5, 5.41) is 13.4. The maximum Gasteiger partial charge on any atom is 0.0798 e. The van der Waals surface area contributed by atoms with Gasteiger partial charge in [-0.1, -0.05) is 26.7 Å². The lowest BCUT2D eigenvalue weighted by atomic mass is 9.96. The van der Waals surface area contributed by atoms with E-state index in [1.54, 1.807) is 11.3 Å². The Bertz CT molecular complexity index is 323. The summed E-state index contributed by atoms with van der Waals surface area (Å²) in [7, 11) is 0. The molecule has 17 heavy (non-hydrogen) atoms. The third-order valence-corrected chi connectivity index (χ3v) is 4.52. The molecule has 2 unspecified atom stereocenters. The van der Waals surface area contributed by atoms with Crippen LogP contribution >= 0.6 is 11.3 Å². The largest absolute Gasteiger partial charge is 0.392 e. The quantitative estimate of drug-likeness (QED) is 0.788. The first kappa shape index (κ1) is 14.6. The summed E-state index contributed by atoms with van der Waals surface area (Å²) >= 11 is 1.67. The van der Waals surface area contributed by atoms with Crippen LogP contribution < -0.4 is 5.32 Å². The van der Waals surface area contributed by atoms with Gasteiger partial charge in [-0.05, 0) is 19.8 Å². The number of nitrogens with one attached hydrogen (secondary N) is 1. The molecule has 0 saturated heterocycles. The predicted molar refractivity (Wildman–Crippen MR) is 73.3 cm³/mol. The van der Waals surface area contributed by atoms with Crippen molar-refractivity contribution >= 4 is 11.3 Å². The van der Waals surface area contributed by atoms with Crippen molar-refractivity contribution in [2.24, 2.45) is 5.92 Å². The number of hydrogen-bond acceptors (Lipinski definition) is 4. The van der Waals surface area contributed by atoms with Gasteiger partial charge < -0.3 is 10.4 Å². The van der Waals surface area contributed by atoms with Crippen LogP contribution in [0.25, 0.3) is 0 Å². The summed E-state index contributed by atoms with van der Waals surface area (Å²) in [6.45, 7) is 9.08. The summed E-state index contributed by atoms with van der Waals surface area (Å²) in [5.41, 5.74) is 2.97. The van der Waals surface area contributed by atoms with Crippen LogP contribution in [0.15, 0.2) is 5.51 Å². The Hall–Kier alpha value is -0.450. The normalized spacial score (nSPS) is 15.2. The van der Waals surface area contributed by atoms with E-state index >= 15 is 0 Å². The second-order valence-electron chi connectivity index (χ2n) is 4.58. The molecule has 0 spiro atoms. The van der Waals surface area contributed by atoms with Gasteiger partial charge in [0.2, 0.25) is 0 Å². The lowest BCUT2D eigenvalue weighted by Gasteiger charge is -2.22. The molecule has 1 heterocycles. The molecule has 0 radical (unpaired) electrons. The van der Waals surface area contributed by atoms with Crippen molar-refractivity contribution in [3.63, 3.8) is 0 Å². The first-order valence-corrected chi connectivity index (χ1v) is 7.29. The lowest BCUT2D eigenvalue weighted by Crippen LogP contribution is -2.33. The Morgan fingerprint density at radius 2 is 2.06 bits per heavy atom. The highest BCUT2D eigenvalue weighted by atomic mass is 32.1. The topological polar surface area (TPSA) is 45.1 Å². The van der Waals surface area contributed by atoms with Crippen LogP contribution in [0.5, 0.6) is 0 Å². The molecule has 98 valence electrons. The Balaban J connectivity index is 2.43. The zero-order valence-electron chi connectivity index (χ0n) is 11.2. The molecule has 1 aromatic rings. The van der Waals surface area contributed by atoms with E-state index < -0.39 is 0 Å². The summed E-state index contributed by atoms with van der Waals surface area (Å²) in [5.74, 6) is 0.400. The number of aromatic nitrogens is 1. The molecule has 0 aliphatic rings. The first-order valence-electron chi connectivity index (χ1n) is 6.41. The minimum Gasteiger partial charge on any atom is -0.392 e. The summed E-state index contributed by atoms with van der Waals surface area (Å²) in [6, 6.07) is 0.270. The van der Waals surface area contributed by atoms with Gasteiger partial charge in [0.05, 0.1) is 17.3 Å². The first-order chi connectivity index (χ1) is 8.10. The van der Waals surface area contributed by atoms with E-state index in [1.807, 2.05) is 12.4 Å². The SMILES string of the molecule is CCC(CC)C(O)CNC(C)c1scnc1C. The van der Waals surface area contributed by atoms with Crippen LogP contribution in [0.4, 0.5) is 0 Å². The number of aliphatic hydroxyl groups is 1. The van der Waals surface area contributed by atoms with Gasteiger partial charge in [0, 0.05) is 17.5 Å². The van der Waals surface area contributed by atoms with E-state index in [0.717, 1.165) is 18.5 Å². The highest BCUT2D eigenvalue weighted by Gasteiger charge is 2.17. The molecular formula is C13H24N2OS. The van der Waals surface area contributed by atoms with Gasteiger partial charge >= 0.3 is 0 Å². The molecule has 0 bridgehead atoms. The minimum atomic E-state index is -0.249. The van der Waals surface area contributed by atoms with Gasteiger partial charge in [-0.15, -0.1) is 11.3 Å².